The van der Waals surface area contributed by atoms with Gasteiger partial charge in [-0.2, -0.15) is 4.37 Å². The van der Waals surface area contributed by atoms with Gasteiger partial charge < -0.3 is 10.4 Å². The lowest BCUT2D eigenvalue weighted by Gasteiger charge is -2.16. The Labute approximate surface area is 87.5 Å². The maximum atomic E-state index is 9.14. The van der Waals surface area contributed by atoms with Gasteiger partial charge in [0.25, 0.3) is 0 Å². The Morgan fingerprint density at radius 2 is 2.36 bits per heavy atom. The zero-order valence-electron chi connectivity index (χ0n) is 8.02. The molecule has 2 N–H and O–H groups in total. The molecule has 2 rings (SSSR count). The number of rotatable bonds is 4. The molecular weight excluding hydrogens is 198 g/mol. The van der Waals surface area contributed by atoms with Crippen LogP contribution in [0.1, 0.15) is 19.3 Å². The summed E-state index contributed by atoms with van der Waals surface area (Å²) in [5.74, 6) is 1.08. The molecule has 1 saturated carbocycles. The van der Waals surface area contributed by atoms with Crippen molar-refractivity contribution in [3.63, 3.8) is 0 Å². The fourth-order valence-electron chi connectivity index (χ4n) is 2.09. The van der Waals surface area contributed by atoms with E-state index in [0.717, 1.165) is 11.7 Å². The summed E-state index contributed by atoms with van der Waals surface area (Å²) in [5, 5.41) is 13.3. The van der Waals surface area contributed by atoms with E-state index in [1.165, 1.54) is 30.8 Å². The van der Waals surface area contributed by atoms with Gasteiger partial charge in [0, 0.05) is 24.7 Å². The van der Waals surface area contributed by atoms with E-state index in [1.807, 2.05) is 0 Å². The molecule has 2 atom stereocenters. The molecule has 0 spiro atoms. The molecular formula is C9H15N3OS. The largest absolute Gasteiger partial charge is 0.396 e. The van der Waals surface area contributed by atoms with Gasteiger partial charge in [0.05, 0.1) is 0 Å². The van der Waals surface area contributed by atoms with Crippen LogP contribution in [0.4, 0.5) is 5.13 Å². The average Bonchev–Trinajstić information content (AvgIpc) is 2.85. The highest BCUT2D eigenvalue weighted by Crippen LogP contribution is 2.31. The van der Waals surface area contributed by atoms with Crippen LogP contribution in [0.3, 0.4) is 0 Å². The number of aliphatic hydroxyl groups is 1. The van der Waals surface area contributed by atoms with Crippen molar-refractivity contribution < 1.29 is 5.11 Å². The molecule has 1 aliphatic carbocycles. The van der Waals surface area contributed by atoms with E-state index in [1.54, 1.807) is 6.33 Å². The molecule has 0 aliphatic heterocycles. The molecule has 1 heterocycles. The predicted octanol–water partition coefficient (Wildman–Crippen LogP) is 1.36. The summed E-state index contributed by atoms with van der Waals surface area (Å²) in [6.45, 7) is 1.24. The normalized spacial score (nSPS) is 26.6. The lowest BCUT2D eigenvalue weighted by molar-refractivity contribution is 0.199. The number of nitrogens with one attached hydrogen (secondary N) is 1. The van der Waals surface area contributed by atoms with Crippen molar-refractivity contribution in [1.82, 2.24) is 9.36 Å². The van der Waals surface area contributed by atoms with Crippen LogP contribution < -0.4 is 5.32 Å². The molecule has 2 unspecified atom stereocenters. The number of anilines is 1. The Bertz CT molecular complexity index is 265. The van der Waals surface area contributed by atoms with Gasteiger partial charge in [-0.3, -0.25) is 0 Å². The molecule has 1 aromatic heterocycles. The van der Waals surface area contributed by atoms with Crippen LogP contribution in [0.15, 0.2) is 6.33 Å². The summed E-state index contributed by atoms with van der Waals surface area (Å²) in [5.41, 5.74) is 0. The summed E-state index contributed by atoms with van der Waals surface area (Å²) >= 11 is 1.38. The van der Waals surface area contributed by atoms with E-state index in [9.17, 15) is 0 Å². The second kappa shape index (κ2) is 4.70. The smallest absolute Gasteiger partial charge is 0.202 e. The molecule has 5 heteroatoms. The second-order valence-corrected chi connectivity index (χ2v) is 4.54. The van der Waals surface area contributed by atoms with Crippen molar-refractivity contribution in [2.75, 3.05) is 18.5 Å². The Morgan fingerprint density at radius 1 is 1.50 bits per heavy atom. The topological polar surface area (TPSA) is 58.0 Å². The summed E-state index contributed by atoms with van der Waals surface area (Å²) in [4.78, 5) is 4.06. The summed E-state index contributed by atoms with van der Waals surface area (Å²) in [7, 11) is 0. The average molecular weight is 213 g/mol. The molecule has 14 heavy (non-hydrogen) atoms. The molecule has 0 saturated heterocycles. The monoisotopic (exact) mass is 213 g/mol. The van der Waals surface area contributed by atoms with E-state index >= 15 is 0 Å². The van der Waals surface area contributed by atoms with Crippen LogP contribution in [0, 0.1) is 11.8 Å². The van der Waals surface area contributed by atoms with Gasteiger partial charge in [0.15, 0.2) is 0 Å². The van der Waals surface area contributed by atoms with E-state index in [-0.39, 0.29) is 0 Å². The first-order valence-electron chi connectivity index (χ1n) is 5.01. The Kier molecular flexibility index (Phi) is 3.31. The highest BCUT2D eigenvalue weighted by molar-refractivity contribution is 7.09. The third-order valence-corrected chi connectivity index (χ3v) is 3.55. The van der Waals surface area contributed by atoms with Crippen molar-refractivity contribution in [2.24, 2.45) is 11.8 Å². The molecule has 1 aromatic rings. The van der Waals surface area contributed by atoms with Gasteiger partial charge in [-0.25, -0.2) is 4.98 Å². The molecule has 1 fully saturated rings. The van der Waals surface area contributed by atoms with Crippen molar-refractivity contribution >= 4 is 16.7 Å². The molecule has 0 aromatic carbocycles. The standard InChI is InChI=1S/C9H15N3OS/c13-5-8-3-1-2-7(8)4-10-9-11-6-12-14-9/h6-8,13H,1-5H2,(H,10,11,12). The maximum Gasteiger partial charge on any atom is 0.202 e. The second-order valence-electron chi connectivity index (χ2n) is 3.76. The zero-order valence-corrected chi connectivity index (χ0v) is 8.83. The number of nitrogens with zero attached hydrogens (tertiary/aromatic N) is 2. The quantitative estimate of drug-likeness (QED) is 0.793. The Hall–Kier alpha value is -0.680. The third kappa shape index (κ3) is 2.22. The van der Waals surface area contributed by atoms with Gasteiger partial charge in [-0.15, -0.1) is 0 Å². The number of aromatic nitrogens is 2. The first-order valence-corrected chi connectivity index (χ1v) is 5.79. The van der Waals surface area contributed by atoms with Gasteiger partial charge in [-0.1, -0.05) is 6.42 Å². The van der Waals surface area contributed by atoms with Crippen LogP contribution >= 0.6 is 11.5 Å². The van der Waals surface area contributed by atoms with E-state index in [4.69, 9.17) is 5.11 Å². The minimum Gasteiger partial charge on any atom is -0.396 e. The molecule has 0 bridgehead atoms. The van der Waals surface area contributed by atoms with Crippen molar-refractivity contribution in [2.45, 2.75) is 19.3 Å². The van der Waals surface area contributed by atoms with Crippen LogP contribution in [-0.2, 0) is 0 Å². The molecule has 78 valence electrons. The van der Waals surface area contributed by atoms with E-state index in [2.05, 4.69) is 14.7 Å². The highest BCUT2D eigenvalue weighted by atomic mass is 32.1. The summed E-state index contributed by atoms with van der Waals surface area (Å²) < 4.78 is 3.93. The highest BCUT2D eigenvalue weighted by Gasteiger charge is 2.26. The van der Waals surface area contributed by atoms with Crippen LogP contribution in [0.5, 0.6) is 0 Å². The van der Waals surface area contributed by atoms with Gasteiger partial charge in [0.1, 0.15) is 6.33 Å². The van der Waals surface area contributed by atoms with Crippen LogP contribution in [0.2, 0.25) is 0 Å². The first kappa shape index (κ1) is 9.86. The number of aliphatic hydroxyl groups excluding tert-OH is 1. The van der Waals surface area contributed by atoms with Crippen molar-refractivity contribution in [1.29, 1.82) is 0 Å². The van der Waals surface area contributed by atoms with E-state index < -0.39 is 0 Å². The SMILES string of the molecule is OCC1CCCC1CNc1ncns1. The predicted molar refractivity (Wildman–Crippen MR) is 56.3 cm³/mol. The maximum absolute atomic E-state index is 9.14. The molecule has 0 radical (unpaired) electrons. The first-order chi connectivity index (χ1) is 6.90. The summed E-state index contributed by atoms with van der Waals surface area (Å²) in [6.07, 6.45) is 5.19. The number of hydrogen-bond acceptors (Lipinski definition) is 5. The number of hydrogen-bond donors (Lipinski definition) is 2. The fourth-order valence-corrected chi connectivity index (χ4v) is 2.53. The zero-order chi connectivity index (χ0) is 9.80. The van der Waals surface area contributed by atoms with Crippen LogP contribution in [0.25, 0.3) is 0 Å². The van der Waals surface area contributed by atoms with Gasteiger partial charge >= 0.3 is 0 Å². The molecule has 1 aliphatic rings. The third-order valence-electron chi connectivity index (χ3n) is 2.93. The summed E-state index contributed by atoms with van der Waals surface area (Å²) in [6, 6.07) is 0. The lowest BCUT2D eigenvalue weighted by atomic mass is 9.97. The fraction of sp³-hybridized carbons (Fsp3) is 0.778. The Morgan fingerprint density at radius 3 is 3.07 bits per heavy atom. The van der Waals surface area contributed by atoms with Crippen molar-refractivity contribution in [3.8, 4) is 0 Å². The van der Waals surface area contributed by atoms with Crippen molar-refractivity contribution in [3.05, 3.63) is 6.33 Å². The van der Waals surface area contributed by atoms with Gasteiger partial charge in [-0.05, 0) is 24.7 Å². The molecule has 0 amide bonds. The van der Waals surface area contributed by atoms with E-state index in [0.29, 0.717) is 18.4 Å². The van der Waals surface area contributed by atoms with Crippen LogP contribution in [-0.4, -0.2) is 27.6 Å². The Balaban J connectivity index is 1.80. The lowest BCUT2D eigenvalue weighted by Crippen LogP contribution is -2.20. The molecule has 4 nitrogen and oxygen atoms in total. The minimum absolute atomic E-state index is 0.322. The minimum atomic E-state index is 0.322. The van der Waals surface area contributed by atoms with Gasteiger partial charge in [0.2, 0.25) is 5.13 Å².